The number of methoxy groups -OCH3 is 2. The van der Waals surface area contributed by atoms with Crippen LogP contribution < -0.4 is 15.2 Å². The van der Waals surface area contributed by atoms with Crippen LogP contribution in [-0.4, -0.2) is 20.0 Å². The van der Waals surface area contributed by atoms with E-state index in [1.807, 2.05) is 30.3 Å². The minimum atomic E-state index is -0.126. The average Bonchev–Trinajstić information content (AvgIpc) is 2.52. The van der Waals surface area contributed by atoms with Crippen LogP contribution in [0.3, 0.4) is 0 Å². The Hall–Kier alpha value is -1.17. The first kappa shape index (κ1) is 16.2. The maximum absolute atomic E-state index is 6.31. The van der Waals surface area contributed by atoms with Crippen LogP contribution in [-0.2, 0) is 0 Å². The molecule has 2 aromatic rings. The highest BCUT2D eigenvalue weighted by Crippen LogP contribution is 2.32. The molecule has 0 fully saturated rings. The van der Waals surface area contributed by atoms with Gasteiger partial charge in [0.25, 0.3) is 0 Å². The standard InChI is InChI=1S/C16H18BrNO2S/c1-19-12-6-7-16(20-2)14(9-12)15(18)10-21-13-5-3-4-11(17)8-13/h3-9,15H,10,18H2,1-2H3. The fourth-order valence-electron chi connectivity index (χ4n) is 1.96. The van der Waals surface area contributed by atoms with Gasteiger partial charge < -0.3 is 15.2 Å². The third-order valence-electron chi connectivity index (χ3n) is 3.06. The monoisotopic (exact) mass is 367 g/mol. The van der Waals surface area contributed by atoms with Gasteiger partial charge in [-0.15, -0.1) is 11.8 Å². The van der Waals surface area contributed by atoms with Crippen LogP contribution in [0.4, 0.5) is 0 Å². The van der Waals surface area contributed by atoms with Gasteiger partial charge in [0.1, 0.15) is 11.5 Å². The van der Waals surface area contributed by atoms with Gasteiger partial charge in [-0.2, -0.15) is 0 Å². The topological polar surface area (TPSA) is 44.5 Å². The van der Waals surface area contributed by atoms with Crippen molar-refractivity contribution in [3.63, 3.8) is 0 Å². The highest BCUT2D eigenvalue weighted by Gasteiger charge is 2.14. The Bertz CT molecular complexity index is 607. The highest BCUT2D eigenvalue weighted by molar-refractivity contribution is 9.10. The van der Waals surface area contributed by atoms with E-state index in [1.54, 1.807) is 26.0 Å². The van der Waals surface area contributed by atoms with Crippen LogP contribution in [0.25, 0.3) is 0 Å². The van der Waals surface area contributed by atoms with Gasteiger partial charge in [0.05, 0.1) is 14.2 Å². The molecule has 0 saturated heterocycles. The van der Waals surface area contributed by atoms with Gasteiger partial charge in [0.2, 0.25) is 0 Å². The molecule has 0 saturated carbocycles. The van der Waals surface area contributed by atoms with E-state index in [2.05, 4.69) is 28.1 Å². The average molecular weight is 368 g/mol. The number of ether oxygens (including phenoxy) is 2. The summed E-state index contributed by atoms with van der Waals surface area (Å²) in [6, 6.07) is 13.8. The molecule has 2 rings (SSSR count). The lowest BCUT2D eigenvalue weighted by Gasteiger charge is -2.16. The smallest absolute Gasteiger partial charge is 0.123 e. The molecule has 0 bridgehead atoms. The summed E-state index contributed by atoms with van der Waals surface area (Å²) < 4.78 is 11.7. The molecule has 2 N–H and O–H groups in total. The first-order valence-electron chi connectivity index (χ1n) is 6.50. The molecule has 0 aliphatic heterocycles. The van der Waals surface area contributed by atoms with Crippen LogP contribution in [0.1, 0.15) is 11.6 Å². The fourth-order valence-corrected chi connectivity index (χ4v) is 3.45. The second kappa shape index (κ2) is 7.73. The Labute approximate surface area is 138 Å². The van der Waals surface area contributed by atoms with E-state index in [9.17, 15) is 0 Å². The van der Waals surface area contributed by atoms with Crippen LogP contribution in [0.2, 0.25) is 0 Å². The van der Waals surface area contributed by atoms with Crippen molar-refractivity contribution in [1.82, 2.24) is 0 Å². The third-order valence-corrected chi connectivity index (χ3v) is 4.67. The molecular formula is C16H18BrNO2S. The van der Waals surface area contributed by atoms with Crippen molar-refractivity contribution in [2.24, 2.45) is 5.73 Å². The predicted octanol–water partition coefficient (Wildman–Crippen LogP) is 4.26. The molecule has 21 heavy (non-hydrogen) atoms. The van der Waals surface area contributed by atoms with E-state index in [4.69, 9.17) is 15.2 Å². The summed E-state index contributed by atoms with van der Waals surface area (Å²) >= 11 is 5.19. The number of hydrogen-bond donors (Lipinski definition) is 1. The molecule has 3 nitrogen and oxygen atoms in total. The van der Waals surface area contributed by atoms with Crippen LogP contribution in [0.5, 0.6) is 11.5 Å². The van der Waals surface area contributed by atoms with Crippen LogP contribution in [0, 0.1) is 0 Å². The number of benzene rings is 2. The van der Waals surface area contributed by atoms with Crippen LogP contribution >= 0.6 is 27.7 Å². The minimum absolute atomic E-state index is 0.126. The number of hydrogen-bond acceptors (Lipinski definition) is 4. The first-order chi connectivity index (χ1) is 10.1. The van der Waals surface area contributed by atoms with Crippen molar-refractivity contribution in [3.8, 4) is 11.5 Å². The quantitative estimate of drug-likeness (QED) is 0.774. The summed E-state index contributed by atoms with van der Waals surface area (Å²) in [5, 5.41) is 0. The second-order valence-electron chi connectivity index (χ2n) is 4.48. The van der Waals surface area contributed by atoms with Crippen molar-refractivity contribution >= 4 is 27.7 Å². The maximum Gasteiger partial charge on any atom is 0.123 e. The van der Waals surface area contributed by atoms with E-state index in [1.165, 1.54) is 4.90 Å². The largest absolute Gasteiger partial charge is 0.497 e. The van der Waals surface area contributed by atoms with Gasteiger partial charge in [0.15, 0.2) is 0 Å². The molecule has 0 radical (unpaired) electrons. The summed E-state index contributed by atoms with van der Waals surface area (Å²) in [5.41, 5.74) is 7.27. The van der Waals surface area contributed by atoms with Crippen molar-refractivity contribution in [2.75, 3.05) is 20.0 Å². The Kier molecular flexibility index (Phi) is 5.96. The molecule has 0 heterocycles. The molecule has 0 amide bonds. The zero-order chi connectivity index (χ0) is 15.2. The summed E-state index contributed by atoms with van der Waals surface area (Å²) in [6.07, 6.45) is 0. The molecule has 2 aromatic carbocycles. The SMILES string of the molecule is COc1ccc(OC)c(C(N)CSc2cccc(Br)c2)c1. The van der Waals surface area contributed by atoms with Gasteiger partial charge in [-0.1, -0.05) is 22.0 Å². The number of thioether (sulfide) groups is 1. The van der Waals surface area contributed by atoms with E-state index in [0.717, 1.165) is 27.3 Å². The molecule has 0 spiro atoms. The zero-order valence-electron chi connectivity index (χ0n) is 12.0. The normalized spacial score (nSPS) is 12.0. The molecule has 0 aromatic heterocycles. The van der Waals surface area contributed by atoms with E-state index in [-0.39, 0.29) is 6.04 Å². The summed E-state index contributed by atoms with van der Waals surface area (Å²) in [5.74, 6) is 2.34. The summed E-state index contributed by atoms with van der Waals surface area (Å²) in [7, 11) is 3.30. The van der Waals surface area contributed by atoms with Gasteiger partial charge >= 0.3 is 0 Å². The highest BCUT2D eigenvalue weighted by atomic mass is 79.9. The Morgan fingerprint density at radius 1 is 1.14 bits per heavy atom. The van der Waals surface area contributed by atoms with E-state index in [0.29, 0.717) is 0 Å². The van der Waals surface area contributed by atoms with E-state index < -0.39 is 0 Å². The Morgan fingerprint density at radius 2 is 1.95 bits per heavy atom. The lowest BCUT2D eigenvalue weighted by Crippen LogP contribution is -2.14. The lowest BCUT2D eigenvalue weighted by molar-refractivity contribution is 0.396. The fraction of sp³-hybridized carbons (Fsp3) is 0.250. The maximum atomic E-state index is 6.31. The summed E-state index contributed by atoms with van der Waals surface area (Å²) in [4.78, 5) is 1.18. The zero-order valence-corrected chi connectivity index (χ0v) is 14.4. The molecule has 112 valence electrons. The predicted molar refractivity (Wildman–Crippen MR) is 91.3 cm³/mol. The Morgan fingerprint density at radius 3 is 2.62 bits per heavy atom. The number of halogens is 1. The van der Waals surface area contributed by atoms with Crippen molar-refractivity contribution in [3.05, 3.63) is 52.5 Å². The number of nitrogens with two attached hydrogens (primary N) is 1. The molecule has 0 aliphatic rings. The molecule has 0 aliphatic carbocycles. The van der Waals surface area contributed by atoms with Gasteiger partial charge in [-0.05, 0) is 36.4 Å². The third kappa shape index (κ3) is 4.40. The molecular weight excluding hydrogens is 350 g/mol. The van der Waals surface area contributed by atoms with Crippen LogP contribution in [0.15, 0.2) is 51.8 Å². The Balaban J connectivity index is 2.10. The second-order valence-corrected chi connectivity index (χ2v) is 6.49. The molecule has 1 unspecified atom stereocenters. The molecule has 5 heteroatoms. The van der Waals surface area contributed by atoms with Crippen molar-refractivity contribution in [1.29, 1.82) is 0 Å². The van der Waals surface area contributed by atoms with Crippen molar-refractivity contribution < 1.29 is 9.47 Å². The van der Waals surface area contributed by atoms with Gasteiger partial charge in [0, 0.05) is 26.7 Å². The van der Waals surface area contributed by atoms with Gasteiger partial charge in [-0.25, -0.2) is 0 Å². The van der Waals surface area contributed by atoms with Crippen molar-refractivity contribution in [2.45, 2.75) is 10.9 Å². The first-order valence-corrected chi connectivity index (χ1v) is 8.27. The summed E-state index contributed by atoms with van der Waals surface area (Å²) in [6.45, 7) is 0. The number of rotatable bonds is 6. The van der Waals surface area contributed by atoms with Gasteiger partial charge in [-0.3, -0.25) is 0 Å². The minimum Gasteiger partial charge on any atom is -0.497 e. The lowest BCUT2D eigenvalue weighted by atomic mass is 10.1. The van der Waals surface area contributed by atoms with E-state index >= 15 is 0 Å². The molecule has 1 atom stereocenters.